The van der Waals surface area contributed by atoms with Crippen molar-refractivity contribution in [3.8, 4) is 0 Å². The number of amides is 1. The number of halogens is 1. The number of rotatable bonds is 4. The molecule has 1 aromatic heterocycles. The molecule has 0 aliphatic carbocycles. The van der Waals surface area contributed by atoms with Crippen molar-refractivity contribution in [2.24, 2.45) is 7.05 Å². The molecule has 0 radical (unpaired) electrons. The summed E-state index contributed by atoms with van der Waals surface area (Å²) in [5.74, 6) is -0.719. The number of carbonyl (C=O) groups is 2. The molecule has 9 nitrogen and oxygen atoms in total. The lowest BCUT2D eigenvalue weighted by Crippen LogP contribution is -2.45. The van der Waals surface area contributed by atoms with Crippen LogP contribution in [0.3, 0.4) is 0 Å². The van der Waals surface area contributed by atoms with E-state index in [0.29, 0.717) is 0 Å². The number of alkyl carbamates (subject to hydrolysis) is 1. The van der Waals surface area contributed by atoms with Crippen LogP contribution in [0.2, 0.25) is 0 Å². The first-order chi connectivity index (χ1) is 10.9. The van der Waals surface area contributed by atoms with Crippen molar-refractivity contribution >= 4 is 28.0 Å². The molecular weight excluding hydrogens is 386 g/mol. The summed E-state index contributed by atoms with van der Waals surface area (Å²) in [5, 5.41) is 2.50. The minimum atomic E-state index is -0.800. The van der Waals surface area contributed by atoms with Gasteiger partial charge in [0.25, 0.3) is 5.56 Å². The van der Waals surface area contributed by atoms with Gasteiger partial charge in [-0.15, -0.1) is 4.73 Å². The third-order valence-corrected chi connectivity index (χ3v) is 3.50. The summed E-state index contributed by atoms with van der Waals surface area (Å²) < 4.78 is 6.68. The van der Waals surface area contributed by atoms with Gasteiger partial charge in [0.05, 0.1) is 5.69 Å². The molecule has 1 aromatic rings. The van der Waals surface area contributed by atoms with Crippen molar-refractivity contribution in [3.63, 3.8) is 0 Å². The van der Waals surface area contributed by atoms with Crippen LogP contribution in [0.5, 0.6) is 0 Å². The van der Waals surface area contributed by atoms with Crippen molar-refractivity contribution in [3.05, 3.63) is 31.0 Å². The highest BCUT2D eigenvalue weighted by Gasteiger charge is 2.19. The molecule has 1 N–H and O–H groups in total. The number of carbonyl (C=O) groups excluding carboxylic acids is 2. The highest BCUT2D eigenvalue weighted by atomic mass is 79.9. The molecule has 1 heterocycles. The van der Waals surface area contributed by atoms with E-state index in [1.807, 2.05) is 0 Å². The van der Waals surface area contributed by atoms with Crippen LogP contribution in [0, 0.1) is 0 Å². The summed E-state index contributed by atoms with van der Waals surface area (Å²) in [4.78, 5) is 51.8. The van der Waals surface area contributed by atoms with E-state index in [4.69, 9.17) is 9.57 Å². The predicted molar refractivity (Wildman–Crippen MR) is 88.8 cm³/mol. The van der Waals surface area contributed by atoms with Crippen molar-refractivity contribution in [1.29, 1.82) is 0 Å². The Hall–Kier alpha value is -2.10. The number of nitrogens with one attached hydrogen (secondary N) is 1. The summed E-state index contributed by atoms with van der Waals surface area (Å²) in [6, 6.07) is 0. The molecule has 0 saturated heterocycles. The Balaban J connectivity index is 3.02. The van der Waals surface area contributed by atoms with E-state index < -0.39 is 28.9 Å². The van der Waals surface area contributed by atoms with Gasteiger partial charge in [0.2, 0.25) is 0 Å². The van der Waals surface area contributed by atoms with Crippen LogP contribution < -0.4 is 21.4 Å². The van der Waals surface area contributed by atoms with Gasteiger partial charge in [-0.05, 0) is 36.7 Å². The van der Waals surface area contributed by atoms with Gasteiger partial charge in [-0.25, -0.2) is 14.4 Å². The van der Waals surface area contributed by atoms with Gasteiger partial charge < -0.3 is 14.9 Å². The number of aromatic nitrogens is 2. The van der Waals surface area contributed by atoms with Gasteiger partial charge in [0, 0.05) is 26.9 Å². The van der Waals surface area contributed by atoms with Gasteiger partial charge >= 0.3 is 17.8 Å². The molecule has 0 bridgehead atoms. The Bertz CT molecular complexity index is 759. The van der Waals surface area contributed by atoms with Gasteiger partial charge in [-0.1, -0.05) is 0 Å². The largest absolute Gasteiger partial charge is 0.444 e. The Morgan fingerprint density at radius 3 is 2.33 bits per heavy atom. The number of hydrogen-bond donors (Lipinski definition) is 1. The average Bonchev–Trinajstić information content (AvgIpc) is 2.43. The molecule has 1 rings (SSSR count). The van der Waals surface area contributed by atoms with Gasteiger partial charge in [-0.3, -0.25) is 9.36 Å². The topological polar surface area (TPSA) is 109 Å². The summed E-state index contributed by atoms with van der Waals surface area (Å²) in [6.07, 6.45) is -0.567. The van der Waals surface area contributed by atoms with Crippen LogP contribution in [0.1, 0.15) is 33.4 Å². The SMILES string of the molecule is CC(=O)On1c(CCNC(=O)OC(C)(C)C)c(Br)c(=O)n(C)c1=O. The fourth-order valence-electron chi connectivity index (χ4n) is 1.73. The van der Waals surface area contributed by atoms with E-state index in [2.05, 4.69) is 21.2 Å². The van der Waals surface area contributed by atoms with Gasteiger partial charge in [0.1, 0.15) is 10.1 Å². The smallest absolute Gasteiger partial charge is 0.407 e. The van der Waals surface area contributed by atoms with E-state index in [1.54, 1.807) is 20.8 Å². The van der Waals surface area contributed by atoms with Crippen LogP contribution in [0.4, 0.5) is 4.79 Å². The Kier molecular flexibility index (Phi) is 6.35. The van der Waals surface area contributed by atoms with Crippen molar-refractivity contribution < 1.29 is 19.2 Å². The lowest BCUT2D eigenvalue weighted by atomic mass is 10.2. The summed E-state index contributed by atoms with van der Waals surface area (Å²) >= 11 is 3.09. The zero-order valence-corrected chi connectivity index (χ0v) is 15.7. The zero-order valence-electron chi connectivity index (χ0n) is 14.1. The highest BCUT2D eigenvalue weighted by Crippen LogP contribution is 2.10. The quantitative estimate of drug-likeness (QED) is 0.773. The van der Waals surface area contributed by atoms with Crippen LogP contribution in [-0.4, -0.2) is 33.5 Å². The maximum Gasteiger partial charge on any atom is 0.407 e. The van der Waals surface area contributed by atoms with Crippen LogP contribution >= 0.6 is 15.9 Å². The van der Waals surface area contributed by atoms with E-state index in [0.717, 1.165) is 16.2 Å². The molecule has 10 heteroatoms. The van der Waals surface area contributed by atoms with Crippen LogP contribution in [0.25, 0.3) is 0 Å². The maximum absolute atomic E-state index is 12.1. The fraction of sp³-hybridized carbons (Fsp3) is 0.571. The molecule has 0 atom stereocenters. The first kappa shape index (κ1) is 19.9. The fourth-order valence-corrected chi connectivity index (χ4v) is 2.35. The zero-order chi connectivity index (χ0) is 18.7. The van der Waals surface area contributed by atoms with Crippen molar-refractivity contribution in [2.45, 2.75) is 39.7 Å². The lowest BCUT2D eigenvalue weighted by Gasteiger charge is -2.20. The minimum Gasteiger partial charge on any atom is -0.444 e. The van der Waals surface area contributed by atoms with Crippen LogP contribution in [-0.2, 0) is 23.0 Å². The standard InChI is InChI=1S/C14H20BrN3O6/c1-8(19)24-18-9(10(15)11(20)17(5)13(18)22)6-7-16-12(21)23-14(2,3)4/h6-7H2,1-5H3,(H,16,21). The third-order valence-electron chi connectivity index (χ3n) is 2.70. The number of ether oxygens (including phenoxy) is 1. The van der Waals surface area contributed by atoms with Gasteiger partial charge in [0.15, 0.2) is 0 Å². The third kappa shape index (κ3) is 5.22. The molecule has 134 valence electrons. The first-order valence-corrected chi connectivity index (χ1v) is 7.89. The summed E-state index contributed by atoms with van der Waals surface area (Å²) in [5.41, 5.74) is -1.89. The van der Waals surface area contributed by atoms with Gasteiger partial charge in [-0.2, -0.15) is 0 Å². The van der Waals surface area contributed by atoms with E-state index in [-0.39, 0.29) is 23.1 Å². The number of nitrogens with zero attached hydrogens (tertiary/aromatic N) is 2. The Morgan fingerprint density at radius 1 is 1.25 bits per heavy atom. The second-order valence-electron chi connectivity index (χ2n) is 5.96. The molecule has 0 aliphatic heterocycles. The second-order valence-corrected chi connectivity index (χ2v) is 6.76. The van der Waals surface area contributed by atoms with E-state index >= 15 is 0 Å². The molecule has 0 aliphatic rings. The lowest BCUT2D eigenvalue weighted by molar-refractivity contribution is -0.142. The molecule has 0 fully saturated rings. The summed E-state index contributed by atoms with van der Waals surface area (Å²) in [7, 11) is 1.26. The van der Waals surface area contributed by atoms with E-state index in [9.17, 15) is 19.2 Å². The highest BCUT2D eigenvalue weighted by molar-refractivity contribution is 9.10. The monoisotopic (exact) mass is 405 g/mol. The summed E-state index contributed by atoms with van der Waals surface area (Å²) in [6.45, 7) is 6.38. The second kappa shape index (κ2) is 7.65. The van der Waals surface area contributed by atoms with Crippen molar-refractivity contribution in [1.82, 2.24) is 14.6 Å². The molecule has 0 unspecified atom stereocenters. The average molecular weight is 406 g/mol. The molecular formula is C14H20BrN3O6. The van der Waals surface area contributed by atoms with Crippen molar-refractivity contribution in [2.75, 3.05) is 6.54 Å². The molecule has 0 spiro atoms. The molecule has 24 heavy (non-hydrogen) atoms. The Labute approximate surface area is 146 Å². The first-order valence-electron chi connectivity index (χ1n) is 7.10. The minimum absolute atomic E-state index is 0.0665. The molecule has 0 saturated carbocycles. The maximum atomic E-state index is 12.1. The molecule has 0 aromatic carbocycles. The van der Waals surface area contributed by atoms with Crippen LogP contribution in [0.15, 0.2) is 14.1 Å². The van der Waals surface area contributed by atoms with E-state index in [1.165, 1.54) is 7.05 Å². The number of hydrogen-bond acceptors (Lipinski definition) is 6. The normalized spacial score (nSPS) is 11.1. The molecule has 1 amide bonds. The Morgan fingerprint density at radius 2 is 1.83 bits per heavy atom. The predicted octanol–water partition coefficient (Wildman–Crippen LogP) is 0.352.